The Hall–Kier alpha value is -1.89. The maximum Gasteiger partial charge on any atom is 0.315 e. The molecule has 4 aliphatic rings. The van der Waals surface area contributed by atoms with Gasteiger partial charge in [0.1, 0.15) is 18.1 Å². The highest BCUT2D eigenvalue weighted by Gasteiger charge is 2.90. The Balaban J connectivity index is 1.92. The summed E-state index contributed by atoms with van der Waals surface area (Å²) >= 11 is 0. The van der Waals surface area contributed by atoms with Crippen LogP contribution in [0, 0.1) is 11.3 Å². The minimum absolute atomic E-state index is 0.337. The van der Waals surface area contributed by atoms with Gasteiger partial charge in [-0.1, -0.05) is 24.3 Å². The van der Waals surface area contributed by atoms with Crippen molar-refractivity contribution in [3.05, 3.63) is 41.5 Å². The summed E-state index contributed by atoms with van der Waals surface area (Å²) in [5, 5.41) is 26.4. The zero-order chi connectivity index (χ0) is 19.9. The van der Waals surface area contributed by atoms with Crippen LogP contribution in [0.5, 0.6) is 0 Å². The van der Waals surface area contributed by atoms with E-state index in [2.05, 4.69) is 24.5 Å². The topological polar surface area (TPSA) is 78.8 Å². The van der Waals surface area contributed by atoms with Crippen LogP contribution in [0.2, 0.25) is 0 Å². The molecule has 1 unspecified atom stereocenters. The van der Waals surface area contributed by atoms with E-state index in [1.54, 1.807) is 0 Å². The molecule has 5 rings (SSSR count). The van der Waals surface area contributed by atoms with E-state index < -0.39 is 34.5 Å². The van der Waals surface area contributed by atoms with E-state index in [0.29, 0.717) is 17.3 Å². The van der Waals surface area contributed by atoms with Gasteiger partial charge in [0.15, 0.2) is 0 Å². The molecule has 1 aromatic rings. The van der Waals surface area contributed by atoms with Crippen molar-refractivity contribution in [1.29, 1.82) is 0 Å². The first-order valence-electron chi connectivity index (χ1n) is 10.1. The zero-order valence-electron chi connectivity index (χ0n) is 16.7. The lowest BCUT2D eigenvalue weighted by Crippen LogP contribution is -2.71. The van der Waals surface area contributed by atoms with Crippen molar-refractivity contribution < 1.29 is 24.2 Å². The van der Waals surface area contributed by atoms with Gasteiger partial charge < -0.3 is 20.3 Å². The summed E-state index contributed by atoms with van der Waals surface area (Å²) in [5.74, 6) is -0.817. The molecular weight excluding hydrogens is 356 g/mol. The second-order valence-corrected chi connectivity index (χ2v) is 9.19. The molecule has 1 aliphatic carbocycles. The average Bonchev–Trinajstić information content (AvgIpc) is 3.20. The maximum atomic E-state index is 13.5. The summed E-state index contributed by atoms with van der Waals surface area (Å²) in [6.07, 6.45) is 2.63. The average molecular weight is 385 g/mol. The first-order chi connectivity index (χ1) is 13.4. The largest absolute Gasteiger partial charge is 0.468 e. The standard InChI is InChI=1S/C22H29N2O4/c1-4-14-11-16-18(26)22-21(9-10-24(22,2)12-14,20(16,13-25)19(27)28-3)15-7-5-6-8-17(15)23-22/h4-8,16,18,23,25-26H,9-13H2,1-3H3/q+1/b14-4+/t16-,18+,20-,21-,22-,24?/m0/s1. The number of aliphatic hydroxyl groups is 2. The number of hydrogen-bond acceptors (Lipinski definition) is 5. The van der Waals surface area contributed by atoms with Crippen molar-refractivity contribution in [2.45, 2.75) is 36.9 Å². The molecule has 28 heavy (non-hydrogen) atoms. The lowest BCUT2D eigenvalue weighted by Gasteiger charge is -2.50. The summed E-state index contributed by atoms with van der Waals surface area (Å²) in [4.78, 5) is 13.5. The molecule has 6 nitrogen and oxygen atoms in total. The minimum atomic E-state index is -1.19. The maximum absolute atomic E-state index is 13.5. The number of esters is 1. The van der Waals surface area contributed by atoms with Gasteiger partial charge >= 0.3 is 5.97 Å². The summed E-state index contributed by atoms with van der Waals surface area (Å²) in [6, 6.07) is 8.03. The molecule has 0 radical (unpaired) electrons. The molecule has 3 aliphatic heterocycles. The molecule has 0 aromatic heterocycles. The molecule has 3 N–H and O–H groups in total. The van der Waals surface area contributed by atoms with Crippen LogP contribution in [0.1, 0.15) is 25.3 Å². The van der Waals surface area contributed by atoms with Crippen LogP contribution < -0.4 is 5.32 Å². The van der Waals surface area contributed by atoms with E-state index in [0.717, 1.165) is 24.3 Å². The van der Waals surface area contributed by atoms with E-state index >= 15 is 0 Å². The first-order valence-corrected chi connectivity index (χ1v) is 10.1. The van der Waals surface area contributed by atoms with Gasteiger partial charge in [0.05, 0.1) is 32.7 Å². The van der Waals surface area contributed by atoms with Crippen LogP contribution >= 0.6 is 0 Å². The van der Waals surface area contributed by atoms with E-state index in [4.69, 9.17) is 4.74 Å². The van der Waals surface area contributed by atoms with Crippen molar-refractivity contribution in [2.75, 3.05) is 39.2 Å². The van der Waals surface area contributed by atoms with Crippen LogP contribution in [0.3, 0.4) is 0 Å². The Morgan fingerprint density at radius 3 is 2.86 bits per heavy atom. The molecule has 1 aromatic carbocycles. The second kappa shape index (κ2) is 5.38. The molecule has 6 heteroatoms. The third-order valence-corrected chi connectivity index (χ3v) is 8.64. The Kier molecular flexibility index (Phi) is 3.49. The highest BCUT2D eigenvalue weighted by atomic mass is 16.5. The molecular formula is C22H29N2O4+. The third kappa shape index (κ3) is 1.52. The predicted molar refractivity (Wildman–Crippen MR) is 104 cm³/mol. The molecule has 3 fully saturated rings. The fourth-order valence-corrected chi connectivity index (χ4v) is 7.64. The normalized spacial score (nSPS) is 46.7. The van der Waals surface area contributed by atoms with E-state index in [-0.39, 0.29) is 6.61 Å². The van der Waals surface area contributed by atoms with Gasteiger partial charge in [-0.3, -0.25) is 9.28 Å². The Morgan fingerprint density at radius 1 is 1.43 bits per heavy atom. The molecule has 6 atom stereocenters. The van der Waals surface area contributed by atoms with Crippen LogP contribution in [0.15, 0.2) is 35.9 Å². The molecule has 2 saturated heterocycles. The summed E-state index contributed by atoms with van der Waals surface area (Å²) in [7, 11) is 3.57. The summed E-state index contributed by atoms with van der Waals surface area (Å²) in [6.45, 7) is 3.33. The highest BCUT2D eigenvalue weighted by Crippen LogP contribution is 2.75. The number of carbonyl (C=O) groups excluding carboxylic acids is 1. The van der Waals surface area contributed by atoms with Gasteiger partial charge in [-0.15, -0.1) is 0 Å². The third-order valence-electron chi connectivity index (χ3n) is 8.64. The number of quaternary nitrogens is 1. The van der Waals surface area contributed by atoms with Crippen LogP contribution in [0.25, 0.3) is 0 Å². The number of hydrogen-bond donors (Lipinski definition) is 3. The van der Waals surface area contributed by atoms with Crippen molar-refractivity contribution >= 4 is 11.7 Å². The lowest BCUT2D eigenvalue weighted by atomic mass is 9.56. The summed E-state index contributed by atoms with van der Waals surface area (Å²) in [5.41, 5.74) is 0.542. The number of ether oxygens (including phenoxy) is 1. The van der Waals surface area contributed by atoms with Crippen LogP contribution in [-0.4, -0.2) is 66.3 Å². The molecule has 1 spiro atoms. The quantitative estimate of drug-likeness (QED) is 0.407. The molecule has 0 amide bonds. The monoisotopic (exact) mass is 385 g/mol. The number of aliphatic hydroxyl groups excluding tert-OH is 2. The van der Waals surface area contributed by atoms with E-state index in [1.807, 2.05) is 25.1 Å². The Labute approximate surface area is 165 Å². The second-order valence-electron chi connectivity index (χ2n) is 9.19. The minimum Gasteiger partial charge on any atom is -0.468 e. The van der Waals surface area contributed by atoms with Crippen molar-refractivity contribution in [1.82, 2.24) is 0 Å². The van der Waals surface area contributed by atoms with Crippen molar-refractivity contribution in [2.24, 2.45) is 11.3 Å². The number of likely N-dealkylation sites (N-methyl/N-ethyl adjacent to an activating group) is 1. The van der Waals surface area contributed by atoms with Gasteiger partial charge in [-0.25, -0.2) is 0 Å². The molecule has 2 bridgehead atoms. The zero-order valence-corrected chi connectivity index (χ0v) is 16.7. The number of methoxy groups -OCH3 is 1. The Bertz CT molecular complexity index is 900. The van der Waals surface area contributed by atoms with Gasteiger partial charge in [0.25, 0.3) is 0 Å². The van der Waals surface area contributed by atoms with Gasteiger partial charge in [0, 0.05) is 18.0 Å². The number of rotatable bonds is 2. The molecule has 1 saturated carbocycles. The number of anilines is 1. The number of carbonyl (C=O) groups is 1. The van der Waals surface area contributed by atoms with Crippen molar-refractivity contribution in [3.8, 4) is 0 Å². The van der Waals surface area contributed by atoms with Gasteiger partial charge in [0.2, 0.25) is 5.66 Å². The molecule has 3 heterocycles. The van der Waals surface area contributed by atoms with Gasteiger partial charge in [-0.05, 0) is 30.5 Å². The van der Waals surface area contributed by atoms with E-state index in [1.165, 1.54) is 12.7 Å². The number of para-hydroxylation sites is 1. The number of benzene rings is 1. The predicted octanol–water partition coefficient (Wildman–Crippen LogP) is 1.39. The number of fused-ring (bicyclic) bond motifs is 2. The van der Waals surface area contributed by atoms with Crippen molar-refractivity contribution in [3.63, 3.8) is 0 Å². The smallest absolute Gasteiger partial charge is 0.315 e. The van der Waals surface area contributed by atoms with Gasteiger partial charge in [-0.2, -0.15) is 0 Å². The molecule has 150 valence electrons. The van der Waals surface area contributed by atoms with Crippen LogP contribution in [-0.2, 0) is 14.9 Å². The number of allylic oxidation sites excluding steroid dienone is 1. The van der Waals surface area contributed by atoms with E-state index in [9.17, 15) is 15.0 Å². The Morgan fingerprint density at radius 2 is 2.18 bits per heavy atom. The fraction of sp³-hybridized carbons (Fsp3) is 0.591. The summed E-state index contributed by atoms with van der Waals surface area (Å²) < 4.78 is 5.94. The van der Waals surface area contributed by atoms with Crippen LogP contribution in [0.4, 0.5) is 5.69 Å². The number of nitrogens with zero attached hydrogens (tertiary/aromatic N) is 1. The fourth-order valence-electron chi connectivity index (χ4n) is 7.64. The lowest BCUT2D eigenvalue weighted by molar-refractivity contribution is -0.942. The SMILES string of the molecule is C/C=C1\C[C@H]2[C@@H](O)[C@@]34Nc5ccccc5[C@@]3(CC[N+]4(C)C1)[C@]2(CO)C(=O)OC. The number of nitrogens with one attached hydrogen (secondary N) is 1. The highest BCUT2D eigenvalue weighted by molar-refractivity contribution is 5.85. The first kappa shape index (κ1) is 18.2.